The van der Waals surface area contributed by atoms with Crippen molar-refractivity contribution in [3.63, 3.8) is 0 Å². The molecular weight excluding hydrogens is 248 g/mol. The number of thiophene rings is 1. The number of carbonyl (C=O) groups excluding carboxylic acids is 1. The average Bonchev–Trinajstić information content (AvgIpc) is 2.45. The number of hydrogen-bond donors (Lipinski definition) is 0. The molecule has 0 atom stereocenters. The van der Waals surface area contributed by atoms with Crippen LogP contribution in [0.2, 0.25) is 0 Å². The van der Waals surface area contributed by atoms with E-state index in [1.54, 1.807) is 0 Å². The van der Waals surface area contributed by atoms with Gasteiger partial charge in [0.25, 0.3) is 9.05 Å². The number of methoxy groups -OCH3 is 1. The average molecular weight is 255 g/mol. The summed E-state index contributed by atoms with van der Waals surface area (Å²) in [5.74, 6) is -0.565. The van der Waals surface area contributed by atoms with E-state index >= 15 is 0 Å². The van der Waals surface area contributed by atoms with Crippen LogP contribution in [0.1, 0.15) is 15.9 Å². The van der Waals surface area contributed by atoms with Crippen LogP contribution in [-0.4, -0.2) is 21.5 Å². The van der Waals surface area contributed by atoms with Gasteiger partial charge in [-0.2, -0.15) is 0 Å². The fourth-order valence-corrected chi connectivity index (χ4v) is 3.49. The van der Waals surface area contributed by atoms with Gasteiger partial charge in [0, 0.05) is 16.1 Å². The van der Waals surface area contributed by atoms with E-state index in [1.165, 1.54) is 19.4 Å². The zero-order valence-electron chi connectivity index (χ0n) is 7.40. The normalized spacial score (nSPS) is 11.4. The SMILES string of the molecule is COC(=O)c1csc(S(=O)(=O)Cl)c1C. The van der Waals surface area contributed by atoms with Crippen LogP contribution >= 0.6 is 22.0 Å². The van der Waals surface area contributed by atoms with Crippen LogP contribution in [0.3, 0.4) is 0 Å². The Balaban J connectivity index is 3.29. The van der Waals surface area contributed by atoms with Crippen molar-refractivity contribution in [2.75, 3.05) is 7.11 Å². The second kappa shape index (κ2) is 3.88. The summed E-state index contributed by atoms with van der Waals surface area (Å²) in [5.41, 5.74) is 0.563. The molecule has 0 unspecified atom stereocenters. The van der Waals surface area contributed by atoms with Gasteiger partial charge in [-0.3, -0.25) is 0 Å². The van der Waals surface area contributed by atoms with Crippen molar-refractivity contribution in [3.05, 3.63) is 16.5 Å². The standard InChI is InChI=1S/C7H7ClO4S2/c1-4-5(6(9)12-2)3-13-7(4)14(8,10)11/h3H,1-2H3. The molecule has 1 rings (SSSR count). The maximum atomic E-state index is 11.1. The van der Waals surface area contributed by atoms with Crippen LogP contribution in [-0.2, 0) is 13.8 Å². The third kappa shape index (κ3) is 2.08. The number of halogens is 1. The summed E-state index contributed by atoms with van der Waals surface area (Å²) in [7, 11) is 2.61. The van der Waals surface area contributed by atoms with Crippen molar-refractivity contribution in [2.24, 2.45) is 0 Å². The zero-order chi connectivity index (χ0) is 10.9. The molecule has 7 heteroatoms. The van der Waals surface area contributed by atoms with Crippen molar-refractivity contribution in [1.82, 2.24) is 0 Å². The third-order valence-electron chi connectivity index (χ3n) is 1.62. The lowest BCUT2D eigenvalue weighted by molar-refractivity contribution is 0.0600. The molecule has 0 aliphatic heterocycles. The Morgan fingerprint density at radius 3 is 2.50 bits per heavy atom. The Morgan fingerprint density at radius 1 is 1.57 bits per heavy atom. The van der Waals surface area contributed by atoms with Gasteiger partial charge < -0.3 is 4.74 Å². The van der Waals surface area contributed by atoms with Crippen LogP contribution in [0.4, 0.5) is 0 Å². The van der Waals surface area contributed by atoms with E-state index in [0.717, 1.165) is 11.3 Å². The van der Waals surface area contributed by atoms with Crippen molar-refractivity contribution in [2.45, 2.75) is 11.1 Å². The summed E-state index contributed by atoms with van der Waals surface area (Å²) in [6, 6.07) is 0. The molecule has 0 saturated carbocycles. The van der Waals surface area contributed by atoms with Crippen LogP contribution in [0.5, 0.6) is 0 Å². The fraction of sp³-hybridized carbons (Fsp3) is 0.286. The summed E-state index contributed by atoms with van der Waals surface area (Å²) in [4.78, 5) is 11.1. The molecule has 0 amide bonds. The molecular formula is C7H7ClO4S2. The molecule has 0 N–H and O–H groups in total. The van der Waals surface area contributed by atoms with Gasteiger partial charge in [0.05, 0.1) is 12.7 Å². The van der Waals surface area contributed by atoms with E-state index in [9.17, 15) is 13.2 Å². The maximum absolute atomic E-state index is 11.1. The molecule has 0 radical (unpaired) electrons. The molecule has 0 bridgehead atoms. The van der Waals surface area contributed by atoms with Gasteiger partial charge in [-0.1, -0.05) is 0 Å². The number of carbonyl (C=O) groups is 1. The highest BCUT2D eigenvalue weighted by molar-refractivity contribution is 8.15. The maximum Gasteiger partial charge on any atom is 0.339 e. The minimum absolute atomic E-state index is 0.0143. The summed E-state index contributed by atoms with van der Waals surface area (Å²) < 4.78 is 26.5. The Kier molecular flexibility index (Phi) is 3.18. The molecule has 1 heterocycles. The molecule has 0 aliphatic carbocycles. The summed E-state index contributed by atoms with van der Waals surface area (Å²) in [5, 5.41) is 1.41. The van der Waals surface area contributed by atoms with Gasteiger partial charge in [0.15, 0.2) is 0 Å². The lowest BCUT2D eigenvalue weighted by Gasteiger charge is -1.97. The molecule has 0 fully saturated rings. The van der Waals surface area contributed by atoms with Gasteiger partial charge in [-0.25, -0.2) is 13.2 Å². The first-order chi connectivity index (χ1) is 6.38. The van der Waals surface area contributed by atoms with Crippen molar-refractivity contribution >= 4 is 37.0 Å². The van der Waals surface area contributed by atoms with E-state index in [2.05, 4.69) is 4.74 Å². The van der Waals surface area contributed by atoms with Gasteiger partial charge >= 0.3 is 5.97 Å². The lowest BCUT2D eigenvalue weighted by atomic mass is 10.2. The molecule has 0 aromatic carbocycles. The van der Waals surface area contributed by atoms with Gasteiger partial charge in [-0.15, -0.1) is 11.3 Å². The molecule has 78 valence electrons. The Morgan fingerprint density at radius 2 is 2.14 bits per heavy atom. The summed E-state index contributed by atoms with van der Waals surface area (Å²) in [6.45, 7) is 1.51. The Hall–Kier alpha value is -0.590. The zero-order valence-corrected chi connectivity index (χ0v) is 9.79. The second-order valence-electron chi connectivity index (χ2n) is 2.49. The Labute approximate surface area is 89.9 Å². The van der Waals surface area contributed by atoms with Crippen LogP contribution in [0.25, 0.3) is 0 Å². The summed E-state index contributed by atoms with van der Waals surface area (Å²) in [6.07, 6.45) is 0. The molecule has 14 heavy (non-hydrogen) atoms. The van der Waals surface area contributed by atoms with Crippen molar-refractivity contribution in [3.8, 4) is 0 Å². The number of esters is 1. The smallest absolute Gasteiger partial charge is 0.339 e. The van der Waals surface area contributed by atoms with Crippen LogP contribution < -0.4 is 0 Å². The third-order valence-corrected chi connectivity index (χ3v) is 4.93. The van der Waals surface area contributed by atoms with Gasteiger partial charge in [0.2, 0.25) is 0 Å². The highest BCUT2D eigenvalue weighted by atomic mass is 35.7. The van der Waals surface area contributed by atoms with Crippen molar-refractivity contribution in [1.29, 1.82) is 0 Å². The van der Waals surface area contributed by atoms with E-state index < -0.39 is 15.0 Å². The molecule has 1 aromatic heterocycles. The topological polar surface area (TPSA) is 60.4 Å². The first kappa shape index (κ1) is 11.5. The minimum Gasteiger partial charge on any atom is -0.465 e. The predicted molar refractivity (Wildman–Crippen MR) is 53.4 cm³/mol. The number of hydrogen-bond acceptors (Lipinski definition) is 5. The highest BCUT2D eigenvalue weighted by Gasteiger charge is 2.22. The molecule has 0 spiro atoms. The van der Waals surface area contributed by atoms with Crippen molar-refractivity contribution < 1.29 is 17.9 Å². The molecule has 0 aliphatic rings. The van der Waals surface area contributed by atoms with E-state index in [4.69, 9.17) is 10.7 Å². The number of rotatable bonds is 2. The van der Waals surface area contributed by atoms with Crippen LogP contribution in [0, 0.1) is 6.92 Å². The fourth-order valence-electron chi connectivity index (χ4n) is 0.951. The number of ether oxygens (including phenoxy) is 1. The van der Waals surface area contributed by atoms with E-state index in [0.29, 0.717) is 5.56 Å². The van der Waals surface area contributed by atoms with Gasteiger partial charge in [-0.05, 0) is 12.5 Å². The molecule has 0 saturated heterocycles. The second-order valence-corrected chi connectivity index (χ2v) is 6.13. The first-order valence-corrected chi connectivity index (χ1v) is 6.68. The predicted octanol–water partition coefficient (Wildman–Crippen LogP) is 1.77. The summed E-state index contributed by atoms with van der Waals surface area (Å²) >= 11 is 0.906. The quantitative estimate of drug-likeness (QED) is 0.596. The largest absolute Gasteiger partial charge is 0.465 e. The monoisotopic (exact) mass is 254 g/mol. The lowest BCUT2D eigenvalue weighted by Crippen LogP contribution is -2.02. The van der Waals surface area contributed by atoms with E-state index in [1.807, 2.05) is 0 Å². The van der Waals surface area contributed by atoms with Crippen LogP contribution in [0.15, 0.2) is 9.59 Å². The van der Waals surface area contributed by atoms with Gasteiger partial charge in [0.1, 0.15) is 4.21 Å². The molecule has 4 nitrogen and oxygen atoms in total. The van der Waals surface area contributed by atoms with E-state index in [-0.39, 0.29) is 9.77 Å². The highest BCUT2D eigenvalue weighted by Crippen LogP contribution is 2.29. The minimum atomic E-state index is -3.77. The first-order valence-electron chi connectivity index (χ1n) is 3.49. The Bertz CT molecular complexity index is 460. The molecule has 1 aromatic rings.